The van der Waals surface area contributed by atoms with E-state index in [2.05, 4.69) is 5.32 Å². The second-order valence-electron chi connectivity index (χ2n) is 6.66. The first-order chi connectivity index (χ1) is 14.6. The quantitative estimate of drug-likeness (QED) is 0.558. The van der Waals surface area contributed by atoms with Gasteiger partial charge in [-0.1, -0.05) is 41.1 Å². The second kappa shape index (κ2) is 9.15. The van der Waals surface area contributed by atoms with E-state index in [9.17, 15) is 22.8 Å². The van der Waals surface area contributed by atoms with Crippen LogP contribution in [-0.4, -0.2) is 17.6 Å². The molecule has 0 fully saturated rings. The SMILES string of the molecule is COc1ccc(Cl)cc1Cn1c(C)c(C(=O)NCc2ccccc2C(F)(F)F)sc1=O. The smallest absolute Gasteiger partial charge is 0.416 e. The Morgan fingerprint density at radius 1 is 1.19 bits per heavy atom. The van der Waals surface area contributed by atoms with Crippen molar-refractivity contribution in [1.82, 2.24) is 9.88 Å². The van der Waals surface area contributed by atoms with Crippen molar-refractivity contribution in [2.24, 2.45) is 0 Å². The Labute approximate surface area is 185 Å². The molecule has 0 aliphatic carbocycles. The number of nitrogens with zero attached hydrogens (tertiary/aromatic N) is 1. The van der Waals surface area contributed by atoms with Gasteiger partial charge in [-0.25, -0.2) is 0 Å². The number of aromatic nitrogens is 1. The molecule has 1 amide bonds. The first-order valence-corrected chi connectivity index (χ1v) is 10.3. The molecular formula is C21H18ClF3N2O3S. The zero-order valence-corrected chi connectivity index (χ0v) is 18.1. The van der Waals surface area contributed by atoms with Gasteiger partial charge in [-0.3, -0.25) is 14.2 Å². The number of ether oxygens (including phenoxy) is 1. The second-order valence-corrected chi connectivity index (χ2v) is 8.06. The average Bonchev–Trinajstić information content (AvgIpc) is 3.00. The minimum atomic E-state index is -4.53. The third kappa shape index (κ3) is 5.11. The number of hydrogen-bond donors (Lipinski definition) is 1. The van der Waals surface area contributed by atoms with Gasteiger partial charge in [0, 0.05) is 22.8 Å². The van der Waals surface area contributed by atoms with Gasteiger partial charge in [0.15, 0.2) is 0 Å². The minimum Gasteiger partial charge on any atom is -0.496 e. The van der Waals surface area contributed by atoms with Crippen molar-refractivity contribution in [3.8, 4) is 5.75 Å². The maximum Gasteiger partial charge on any atom is 0.416 e. The third-order valence-corrected chi connectivity index (χ3v) is 6.00. The predicted octanol–water partition coefficient (Wildman–Crippen LogP) is 4.88. The maximum absolute atomic E-state index is 13.1. The summed E-state index contributed by atoms with van der Waals surface area (Å²) in [5, 5.41) is 2.95. The van der Waals surface area contributed by atoms with E-state index in [1.807, 2.05) is 0 Å². The number of carbonyl (C=O) groups excluding carboxylic acids is 1. The van der Waals surface area contributed by atoms with Crippen LogP contribution in [0.5, 0.6) is 5.75 Å². The van der Waals surface area contributed by atoms with Crippen LogP contribution in [0, 0.1) is 6.92 Å². The lowest BCUT2D eigenvalue weighted by molar-refractivity contribution is -0.138. The lowest BCUT2D eigenvalue weighted by Gasteiger charge is -2.13. The van der Waals surface area contributed by atoms with Crippen molar-refractivity contribution in [1.29, 1.82) is 0 Å². The molecular weight excluding hydrogens is 453 g/mol. The number of benzene rings is 2. The maximum atomic E-state index is 13.1. The number of hydrogen-bond acceptors (Lipinski definition) is 4. The zero-order chi connectivity index (χ0) is 22.8. The molecule has 0 saturated heterocycles. The van der Waals surface area contributed by atoms with Crippen LogP contribution in [0.4, 0.5) is 13.2 Å². The highest BCUT2D eigenvalue weighted by Gasteiger charge is 2.33. The van der Waals surface area contributed by atoms with E-state index in [1.54, 1.807) is 25.1 Å². The van der Waals surface area contributed by atoms with Crippen LogP contribution < -0.4 is 14.9 Å². The molecule has 2 aromatic carbocycles. The van der Waals surface area contributed by atoms with E-state index in [-0.39, 0.29) is 28.4 Å². The zero-order valence-electron chi connectivity index (χ0n) is 16.5. The predicted molar refractivity (Wildman–Crippen MR) is 113 cm³/mol. The van der Waals surface area contributed by atoms with Crippen molar-refractivity contribution in [3.63, 3.8) is 0 Å². The molecule has 164 valence electrons. The van der Waals surface area contributed by atoms with Crippen LogP contribution in [-0.2, 0) is 19.3 Å². The Kier molecular flexibility index (Phi) is 6.76. The van der Waals surface area contributed by atoms with E-state index < -0.39 is 17.6 Å². The Bertz CT molecular complexity index is 1170. The molecule has 0 aliphatic rings. The van der Waals surface area contributed by atoms with E-state index in [1.165, 1.54) is 29.9 Å². The van der Waals surface area contributed by atoms with Gasteiger partial charge in [0.2, 0.25) is 0 Å². The summed E-state index contributed by atoms with van der Waals surface area (Å²) in [6.45, 7) is 1.42. The number of thiazole rings is 1. The first-order valence-electron chi connectivity index (χ1n) is 9.07. The summed E-state index contributed by atoms with van der Waals surface area (Å²) in [7, 11) is 1.49. The highest BCUT2D eigenvalue weighted by molar-refractivity contribution is 7.11. The molecule has 0 unspecified atom stereocenters. The number of methoxy groups -OCH3 is 1. The largest absolute Gasteiger partial charge is 0.496 e. The molecule has 0 saturated carbocycles. The highest BCUT2D eigenvalue weighted by Crippen LogP contribution is 2.32. The van der Waals surface area contributed by atoms with Gasteiger partial charge in [0.05, 0.1) is 19.2 Å². The van der Waals surface area contributed by atoms with Gasteiger partial charge in [-0.05, 0) is 36.8 Å². The molecule has 3 aromatic rings. The van der Waals surface area contributed by atoms with Crippen molar-refractivity contribution in [3.05, 3.63) is 84.4 Å². The Balaban J connectivity index is 1.82. The molecule has 0 radical (unpaired) electrons. The molecule has 0 aliphatic heterocycles. The van der Waals surface area contributed by atoms with E-state index in [4.69, 9.17) is 16.3 Å². The fourth-order valence-corrected chi connectivity index (χ4v) is 4.22. The van der Waals surface area contributed by atoms with E-state index >= 15 is 0 Å². The van der Waals surface area contributed by atoms with Crippen LogP contribution in [0.1, 0.15) is 32.1 Å². The Morgan fingerprint density at radius 2 is 1.90 bits per heavy atom. The average molecular weight is 471 g/mol. The van der Waals surface area contributed by atoms with E-state index in [0.717, 1.165) is 17.4 Å². The minimum absolute atomic E-state index is 0.0588. The normalized spacial score (nSPS) is 11.4. The summed E-state index contributed by atoms with van der Waals surface area (Å²) in [4.78, 5) is 24.9. The lowest BCUT2D eigenvalue weighted by atomic mass is 10.1. The van der Waals surface area contributed by atoms with Gasteiger partial charge in [-0.2, -0.15) is 13.2 Å². The summed E-state index contributed by atoms with van der Waals surface area (Å²) >= 11 is 6.77. The lowest BCUT2D eigenvalue weighted by Crippen LogP contribution is -2.24. The van der Waals surface area contributed by atoms with Crippen molar-refractivity contribution in [2.75, 3.05) is 7.11 Å². The van der Waals surface area contributed by atoms with Crippen molar-refractivity contribution < 1.29 is 22.7 Å². The van der Waals surface area contributed by atoms with Crippen LogP contribution in [0.15, 0.2) is 47.3 Å². The van der Waals surface area contributed by atoms with Crippen LogP contribution in [0.3, 0.4) is 0 Å². The van der Waals surface area contributed by atoms with Gasteiger partial charge < -0.3 is 10.1 Å². The van der Waals surface area contributed by atoms with Crippen molar-refractivity contribution >= 4 is 28.8 Å². The van der Waals surface area contributed by atoms with Crippen LogP contribution in [0.2, 0.25) is 5.02 Å². The number of amides is 1. The number of rotatable bonds is 6. The number of halogens is 4. The molecule has 5 nitrogen and oxygen atoms in total. The third-order valence-electron chi connectivity index (χ3n) is 4.68. The van der Waals surface area contributed by atoms with E-state index in [0.29, 0.717) is 22.0 Å². The molecule has 1 heterocycles. The Hall–Kier alpha value is -2.78. The summed E-state index contributed by atoms with van der Waals surface area (Å²) < 4.78 is 46.1. The molecule has 3 rings (SSSR count). The molecule has 31 heavy (non-hydrogen) atoms. The van der Waals surface area contributed by atoms with Gasteiger partial charge in [-0.15, -0.1) is 0 Å². The van der Waals surface area contributed by atoms with Crippen molar-refractivity contribution in [2.45, 2.75) is 26.2 Å². The van der Waals surface area contributed by atoms with Gasteiger partial charge in [0.25, 0.3) is 5.91 Å². The highest BCUT2D eigenvalue weighted by atomic mass is 35.5. The van der Waals surface area contributed by atoms with Gasteiger partial charge in [0.1, 0.15) is 10.6 Å². The Morgan fingerprint density at radius 3 is 2.58 bits per heavy atom. The monoisotopic (exact) mass is 470 g/mol. The number of carbonyl (C=O) groups is 1. The number of nitrogens with one attached hydrogen (secondary N) is 1. The molecule has 0 bridgehead atoms. The molecule has 1 aromatic heterocycles. The first kappa shape index (κ1) is 22.9. The molecule has 0 spiro atoms. The van der Waals surface area contributed by atoms with Crippen LogP contribution >= 0.6 is 22.9 Å². The fourth-order valence-electron chi connectivity index (χ4n) is 3.12. The molecule has 10 heteroatoms. The summed E-state index contributed by atoms with van der Waals surface area (Å²) in [6, 6.07) is 10.0. The van der Waals surface area contributed by atoms with Gasteiger partial charge >= 0.3 is 11.0 Å². The number of alkyl halides is 3. The standard InChI is InChI=1S/C21H18ClF3N2O3S/c1-12-18(19(28)26-10-13-5-3-4-6-16(13)21(23,24)25)31-20(29)27(12)11-14-9-15(22)7-8-17(14)30-2/h3-9H,10-11H2,1-2H3,(H,26,28). The van der Waals surface area contributed by atoms with Crippen LogP contribution in [0.25, 0.3) is 0 Å². The fraction of sp³-hybridized carbons (Fsp3) is 0.238. The summed E-state index contributed by atoms with van der Waals surface area (Å²) in [5.74, 6) is -0.0787. The summed E-state index contributed by atoms with van der Waals surface area (Å²) in [5.41, 5.74) is 0.185. The topological polar surface area (TPSA) is 60.3 Å². The summed E-state index contributed by atoms with van der Waals surface area (Å²) in [6.07, 6.45) is -4.53. The molecule has 0 atom stereocenters. The molecule has 1 N–H and O–H groups in total.